The summed E-state index contributed by atoms with van der Waals surface area (Å²) in [7, 11) is 1.36. The molecular formula is C18H19N3O3. The van der Waals surface area contributed by atoms with Crippen LogP contribution in [0.15, 0.2) is 60.7 Å². The molecule has 0 aromatic heterocycles. The van der Waals surface area contributed by atoms with Crippen molar-refractivity contribution in [2.45, 2.75) is 12.6 Å². The SMILES string of the molecule is COC(=O)CCN1NC(=O)N(c2ccccc2)C1c1ccccc1. The first-order chi connectivity index (χ1) is 11.7. The first-order valence-corrected chi connectivity index (χ1v) is 7.74. The maximum absolute atomic E-state index is 12.5. The third-order valence-electron chi connectivity index (χ3n) is 3.91. The van der Waals surface area contributed by atoms with E-state index in [1.54, 1.807) is 9.91 Å². The van der Waals surface area contributed by atoms with Gasteiger partial charge in [-0.3, -0.25) is 15.1 Å². The van der Waals surface area contributed by atoms with Gasteiger partial charge >= 0.3 is 12.0 Å². The van der Waals surface area contributed by atoms with Crippen molar-refractivity contribution in [3.63, 3.8) is 0 Å². The number of carbonyl (C=O) groups is 2. The van der Waals surface area contributed by atoms with Crippen LogP contribution in [0.3, 0.4) is 0 Å². The van der Waals surface area contributed by atoms with Gasteiger partial charge in [-0.1, -0.05) is 48.5 Å². The minimum atomic E-state index is -0.328. The Morgan fingerprint density at radius 1 is 1.08 bits per heavy atom. The number of nitrogens with one attached hydrogen (secondary N) is 1. The van der Waals surface area contributed by atoms with Crippen LogP contribution < -0.4 is 10.3 Å². The number of hydrazine groups is 1. The number of hydrogen-bond donors (Lipinski definition) is 1. The number of urea groups is 1. The Labute approximate surface area is 140 Å². The Bertz CT molecular complexity index is 706. The summed E-state index contributed by atoms with van der Waals surface area (Å²) in [6.45, 7) is 0.362. The topological polar surface area (TPSA) is 61.9 Å². The number of carbonyl (C=O) groups excluding carboxylic acids is 2. The molecule has 1 unspecified atom stereocenters. The largest absolute Gasteiger partial charge is 0.469 e. The van der Waals surface area contributed by atoms with Crippen molar-refractivity contribution in [1.29, 1.82) is 0 Å². The van der Waals surface area contributed by atoms with Gasteiger partial charge in [-0.05, 0) is 17.7 Å². The Hall–Kier alpha value is -2.86. The van der Waals surface area contributed by atoms with Crippen molar-refractivity contribution < 1.29 is 14.3 Å². The number of hydrogen-bond acceptors (Lipinski definition) is 4. The van der Waals surface area contributed by atoms with Gasteiger partial charge in [-0.2, -0.15) is 5.01 Å². The zero-order valence-electron chi connectivity index (χ0n) is 13.4. The lowest BCUT2D eigenvalue weighted by Crippen LogP contribution is -2.36. The molecule has 0 radical (unpaired) electrons. The van der Waals surface area contributed by atoms with E-state index in [2.05, 4.69) is 5.43 Å². The average Bonchev–Trinajstić information content (AvgIpc) is 2.97. The lowest BCUT2D eigenvalue weighted by molar-refractivity contribution is -0.141. The molecule has 2 aromatic rings. The van der Waals surface area contributed by atoms with Gasteiger partial charge in [0, 0.05) is 12.2 Å². The van der Waals surface area contributed by atoms with Gasteiger partial charge in [0.05, 0.1) is 13.5 Å². The van der Waals surface area contributed by atoms with Crippen LogP contribution in [0.25, 0.3) is 0 Å². The van der Waals surface area contributed by atoms with E-state index in [1.165, 1.54) is 7.11 Å². The summed E-state index contributed by atoms with van der Waals surface area (Å²) in [6, 6.07) is 19.0. The second-order valence-electron chi connectivity index (χ2n) is 5.43. The summed E-state index contributed by atoms with van der Waals surface area (Å²) in [5.41, 5.74) is 4.60. The van der Waals surface area contributed by atoms with Crippen LogP contribution >= 0.6 is 0 Å². The van der Waals surface area contributed by atoms with E-state index in [-0.39, 0.29) is 24.6 Å². The summed E-state index contributed by atoms with van der Waals surface area (Å²) < 4.78 is 4.70. The van der Waals surface area contributed by atoms with Crippen molar-refractivity contribution in [2.24, 2.45) is 0 Å². The molecule has 1 aliphatic rings. The van der Waals surface area contributed by atoms with E-state index in [9.17, 15) is 9.59 Å². The molecule has 2 amide bonds. The quantitative estimate of drug-likeness (QED) is 0.859. The van der Waals surface area contributed by atoms with Crippen LogP contribution in [-0.4, -0.2) is 30.7 Å². The monoisotopic (exact) mass is 325 g/mol. The van der Waals surface area contributed by atoms with Crippen LogP contribution in [0.4, 0.5) is 10.5 Å². The summed E-state index contributed by atoms with van der Waals surface area (Å²) >= 11 is 0. The molecule has 0 spiro atoms. The van der Waals surface area contributed by atoms with Crippen LogP contribution in [0.1, 0.15) is 18.2 Å². The number of methoxy groups -OCH3 is 1. The van der Waals surface area contributed by atoms with Crippen LogP contribution in [0.5, 0.6) is 0 Å². The number of ether oxygens (including phenoxy) is 1. The van der Waals surface area contributed by atoms with E-state index in [1.807, 2.05) is 60.7 Å². The first kappa shape index (κ1) is 16.0. The normalized spacial score (nSPS) is 17.6. The molecular weight excluding hydrogens is 306 g/mol. The van der Waals surface area contributed by atoms with Gasteiger partial charge in [0.2, 0.25) is 0 Å². The van der Waals surface area contributed by atoms with Gasteiger partial charge in [0.25, 0.3) is 0 Å². The molecule has 6 heteroatoms. The molecule has 1 saturated heterocycles. The molecule has 2 aromatic carbocycles. The Morgan fingerprint density at radius 2 is 1.71 bits per heavy atom. The Morgan fingerprint density at radius 3 is 2.33 bits per heavy atom. The van der Waals surface area contributed by atoms with Crippen molar-refractivity contribution in [1.82, 2.24) is 10.4 Å². The van der Waals surface area contributed by atoms with Crippen LogP contribution in [-0.2, 0) is 9.53 Å². The van der Waals surface area contributed by atoms with Gasteiger partial charge in [0.15, 0.2) is 0 Å². The van der Waals surface area contributed by atoms with E-state index in [0.717, 1.165) is 11.3 Å². The van der Waals surface area contributed by atoms with Crippen molar-refractivity contribution >= 4 is 17.7 Å². The molecule has 1 fully saturated rings. The number of para-hydroxylation sites is 1. The van der Waals surface area contributed by atoms with Gasteiger partial charge in [0.1, 0.15) is 6.17 Å². The minimum absolute atomic E-state index is 0.197. The van der Waals surface area contributed by atoms with E-state index < -0.39 is 0 Å². The van der Waals surface area contributed by atoms with E-state index in [0.29, 0.717) is 6.54 Å². The third kappa shape index (κ3) is 3.23. The summed E-state index contributed by atoms with van der Waals surface area (Å²) in [5, 5.41) is 1.77. The highest BCUT2D eigenvalue weighted by molar-refractivity contribution is 5.94. The van der Waals surface area contributed by atoms with Gasteiger partial charge in [-0.25, -0.2) is 4.79 Å². The zero-order valence-corrected chi connectivity index (χ0v) is 13.4. The Balaban J connectivity index is 1.92. The molecule has 0 saturated carbocycles. The van der Waals surface area contributed by atoms with Crippen molar-refractivity contribution in [3.8, 4) is 0 Å². The molecule has 0 bridgehead atoms. The fourth-order valence-corrected chi connectivity index (χ4v) is 2.78. The fraction of sp³-hybridized carbons (Fsp3) is 0.222. The van der Waals surface area contributed by atoms with Gasteiger partial charge < -0.3 is 4.74 Å². The Kier molecular flexibility index (Phi) is 4.77. The molecule has 1 heterocycles. The highest BCUT2D eigenvalue weighted by atomic mass is 16.5. The molecule has 3 rings (SSSR count). The molecule has 1 aliphatic heterocycles. The predicted octanol–water partition coefficient (Wildman–Crippen LogP) is 2.70. The van der Waals surface area contributed by atoms with E-state index in [4.69, 9.17) is 4.74 Å². The van der Waals surface area contributed by atoms with Crippen LogP contribution in [0, 0.1) is 0 Å². The second kappa shape index (κ2) is 7.14. The first-order valence-electron chi connectivity index (χ1n) is 7.74. The number of esters is 1. The second-order valence-corrected chi connectivity index (χ2v) is 5.43. The molecule has 0 aliphatic carbocycles. The standard InChI is InChI=1S/C18H19N3O3/c1-24-16(22)12-13-20-17(14-8-4-2-5-9-14)21(18(23)19-20)15-10-6-3-7-11-15/h2-11,17H,12-13H2,1H3,(H,19,23). The number of amides is 2. The number of benzene rings is 2. The highest BCUT2D eigenvalue weighted by Gasteiger charge is 2.39. The maximum atomic E-state index is 12.5. The smallest absolute Gasteiger partial charge is 0.338 e. The fourth-order valence-electron chi connectivity index (χ4n) is 2.78. The van der Waals surface area contributed by atoms with Crippen LogP contribution in [0.2, 0.25) is 0 Å². The summed E-state index contributed by atoms with van der Waals surface area (Å²) in [4.78, 5) is 25.7. The lowest BCUT2D eigenvalue weighted by atomic mass is 10.1. The van der Waals surface area contributed by atoms with E-state index >= 15 is 0 Å². The highest BCUT2D eigenvalue weighted by Crippen LogP contribution is 2.33. The number of nitrogens with zero attached hydrogens (tertiary/aromatic N) is 2. The zero-order chi connectivity index (χ0) is 16.9. The molecule has 24 heavy (non-hydrogen) atoms. The minimum Gasteiger partial charge on any atom is -0.469 e. The third-order valence-corrected chi connectivity index (χ3v) is 3.91. The summed E-state index contributed by atoms with van der Waals surface area (Å²) in [6.07, 6.45) is -0.131. The molecule has 1 N–H and O–H groups in total. The molecule has 1 atom stereocenters. The van der Waals surface area contributed by atoms with Crippen molar-refractivity contribution in [2.75, 3.05) is 18.6 Å². The number of rotatable bonds is 5. The maximum Gasteiger partial charge on any atom is 0.338 e. The van der Waals surface area contributed by atoms with Gasteiger partial charge in [-0.15, -0.1) is 0 Å². The predicted molar refractivity (Wildman–Crippen MR) is 90.0 cm³/mol. The lowest BCUT2D eigenvalue weighted by Gasteiger charge is -2.28. The number of anilines is 1. The summed E-state index contributed by atoms with van der Waals surface area (Å²) in [5.74, 6) is -0.311. The van der Waals surface area contributed by atoms with Crippen molar-refractivity contribution in [3.05, 3.63) is 66.2 Å². The molecule has 6 nitrogen and oxygen atoms in total. The average molecular weight is 325 g/mol. The molecule has 124 valence electrons.